The predicted octanol–water partition coefficient (Wildman–Crippen LogP) is 3.41. The number of hydrogen-bond acceptors (Lipinski definition) is 9. The Kier molecular flexibility index (Phi) is 5.95. The van der Waals surface area contributed by atoms with E-state index in [-0.39, 0.29) is 17.7 Å². The Morgan fingerprint density at radius 2 is 2.03 bits per heavy atom. The summed E-state index contributed by atoms with van der Waals surface area (Å²) in [6.07, 6.45) is 3.04. The normalized spacial score (nSPS) is 14.3. The molecule has 0 unspecified atom stereocenters. The molecule has 182 valence electrons. The second-order valence-electron chi connectivity index (χ2n) is 8.48. The van der Waals surface area contributed by atoms with Gasteiger partial charge in [0.25, 0.3) is 0 Å². The van der Waals surface area contributed by atoms with Crippen LogP contribution in [0.2, 0.25) is 0 Å². The van der Waals surface area contributed by atoms with Crippen LogP contribution in [-0.2, 0) is 0 Å². The Balaban J connectivity index is 1.62. The van der Waals surface area contributed by atoms with E-state index < -0.39 is 6.10 Å². The lowest BCUT2D eigenvalue weighted by Crippen LogP contribution is -2.42. The van der Waals surface area contributed by atoms with Gasteiger partial charge in [0.15, 0.2) is 11.6 Å². The zero-order valence-electron chi connectivity index (χ0n) is 19.8. The van der Waals surface area contributed by atoms with Gasteiger partial charge in [-0.25, -0.2) is 14.4 Å². The van der Waals surface area contributed by atoms with Crippen LogP contribution in [0, 0.1) is 5.82 Å². The van der Waals surface area contributed by atoms with Crippen LogP contribution < -0.4 is 20.7 Å². The van der Waals surface area contributed by atoms with Crippen LogP contribution >= 0.6 is 0 Å². The van der Waals surface area contributed by atoms with Crippen LogP contribution in [0.4, 0.5) is 15.9 Å². The SMILES string of the molecule is CCC(CN)=C1CN(c2nc(Oc3cnc([C@@H](C)O)nc3)nc3[nH]c4c(NC)cc(F)cc4c23)C1. The quantitative estimate of drug-likeness (QED) is 0.294. The number of ether oxygens (including phenoxy) is 1. The van der Waals surface area contributed by atoms with Crippen molar-refractivity contribution in [2.24, 2.45) is 5.73 Å². The first-order valence-electron chi connectivity index (χ1n) is 11.4. The zero-order chi connectivity index (χ0) is 24.7. The number of hydrogen-bond donors (Lipinski definition) is 4. The largest absolute Gasteiger partial charge is 0.421 e. The molecule has 1 saturated heterocycles. The summed E-state index contributed by atoms with van der Waals surface area (Å²) in [7, 11) is 1.74. The highest BCUT2D eigenvalue weighted by atomic mass is 19.1. The molecule has 1 fully saturated rings. The number of nitrogens with zero attached hydrogens (tertiary/aromatic N) is 5. The van der Waals surface area contributed by atoms with Crippen molar-refractivity contribution in [2.75, 3.05) is 36.9 Å². The van der Waals surface area contributed by atoms with Crippen molar-refractivity contribution in [3.05, 3.63) is 47.3 Å². The summed E-state index contributed by atoms with van der Waals surface area (Å²) < 4.78 is 20.3. The summed E-state index contributed by atoms with van der Waals surface area (Å²) >= 11 is 0. The molecule has 0 spiro atoms. The number of aromatic nitrogens is 5. The van der Waals surface area contributed by atoms with Gasteiger partial charge < -0.3 is 30.8 Å². The number of aliphatic hydroxyl groups excluding tert-OH is 1. The monoisotopic (exact) mass is 478 g/mol. The Labute approximate surface area is 201 Å². The minimum Gasteiger partial charge on any atom is -0.421 e. The molecule has 0 bridgehead atoms. The number of H-pyrrole nitrogens is 1. The van der Waals surface area contributed by atoms with Gasteiger partial charge in [0, 0.05) is 32.1 Å². The molecule has 5 rings (SSSR count). The third kappa shape index (κ3) is 4.13. The molecule has 0 saturated carbocycles. The van der Waals surface area contributed by atoms with Crippen molar-refractivity contribution in [3.8, 4) is 11.8 Å². The van der Waals surface area contributed by atoms with Crippen molar-refractivity contribution in [3.63, 3.8) is 0 Å². The summed E-state index contributed by atoms with van der Waals surface area (Å²) in [6, 6.07) is 3.02. The number of aromatic amines is 1. The van der Waals surface area contributed by atoms with E-state index in [0.717, 1.165) is 11.9 Å². The van der Waals surface area contributed by atoms with E-state index in [0.29, 0.717) is 53.3 Å². The fourth-order valence-corrected chi connectivity index (χ4v) is 4.32. The highest BCUT2D eigenvalue weighted by molar-refractivity contribution is 6.14. The average molecular weight is 479 g/mol. The fraction of sp³-hybridized carbons (Fsp3) is 0.333. The molecule has 0 radical (unpaired) electrons. The van der Waals surface area contributed by atoms with Gasteiger partial charge >= 0.3 is 6.01 Å². The van der Waals surface area contributed by atoms with Crippen molar-refractivity contribution < 1.29 is 14.2 Å². The highest BCUT2D eigenvalue weighted by Crippen LogP contribution is 2.39. The fourth-order valence-electron chi connectivity index (χ4n) is 4.32. The lowest BCUT2D eigenvalue weighted by molar-refractivity contribution is 0.188. The number of aliphatic hydroxyl groups is 1. The zero-order valence-corrected chi connectivity index (χ0v) is 19.8. The van der Waals surface area contributed by atoms with Gasteiger partial charge in [-0.05, 0) is 31.1 Å². The van der Waals surface area contributed by atoms with Gasteiger partial charge in [-0.15, -0.1) is 0 Å². The molecule has 3 aromatic heterocycles. The Hall–Kier alpha value is -3.83. The number of fused-ring (bicyclic) bond motifs is 3. The molecule has 1 aromatic carbocycles. The van der Waals surface area contributed by atoms with Crippen LogP contribution in [-0.4, -0.2) is 56.7 Å². The lowest BCUT2D eigenvalue weighted by Gasteiger charge is -2.37. The van der Waals surface area contributed by atoms with Gasteiger partial charge in [0.2, 0.25) is 0 Å². The summed E-state index contributed by atoms with van der Waals surface area (Å²) in [5.74, 6) is 0.906. The van der Waals surface area contributed by atoms with Crippen LogP contribution in [0.1, 0.15) is 32.2 Å². The molecule has 4 aromatic rings. The number of halogens is 1. The molecule has 1 aliphatic heterocycles. The molecule has 4 heterocycles. The molecule has 10 nitrogen and oxygen atoms in total. The van der Waals surface area contributed by atoms with Crippen LogP contribution in [0.15, 0.2) is 35.7 Å². The van der Waals surface area contributed by atoms with Crippen molar-refractivity contribution >= 4 is 33.4 Å². The molecular formula is C24H27FN8O2. The van der Waals surface area contributed by atoms with Gasteiger partial charge in [-0.3, -0.25) is 0 Å². The second-order valence-corrected chi connectivity index (χ2v) is 8.48. The minimum absolute atomic E-state index is 0.103. The molecular weight excluding hydrogens is 451 g/mol. The number of nitrogens with one attached hydrogen (secondary N) is 2. The maximum atomic E-state index is 14.4. The maximum Gasteiger partial charge on any atom is 0.326 e. The van der Waals surface area contributed by atoms with E-state index in [1.807, 2.05) is 0 Å². The van der Waals surface area contributed by atoms with Crippen LogP contribution in [0.5, 0.6) is 11.8 Å². The predicted molar refractivity (Wildman–Crippen MR) is 132 cm³/mol. The summed E-state index contributed by atoms with van der Waals surface area (Å²) in [6.45, 7) is 5.57. The number of benzene rings is 1. The lowest BCUT2D eigenvalue weighted by atomic mass is 9.98. The molecule has 35 heavy (non-hydrogen) atoms. The minimum atomic E-state index is -0.786. The summed E-state index contributed by atoms with van der Waals surface area (Å²) in [5, 5.41) is 14.1. The smallest absolute Gasteiger partial charge is 0.326 e. The standard InChI is InChI=1S/C24H27FN8O2/c1-4-13(7-26)14-10-33(11-14)23-19-17-5-15(25)6-18(27-3)20(17)30-22(19)31-24(32-23)35-16-8-28-21(12(2)34)29-9-16/h5-6,8-9,12,27,34H,4,7,10-11,26H2,1-3H3,(H,30,31,32)/t12-/m1/s1. The number of nitrogens with two attached hydrogens (primary N) is 1. The van der Waals surface area contributed by atoms with Crippen molar-refractivity contribution in [1.29, 1.82) is 0 Å². The van der Waals surface area contributed by atoms with Crippen LogP contribution in [0.25, 0.3) is 21.9 Å². The topological polar surface area (TPSA) is 138 Å². The maximum absolute atomic E-state index is 14.4. The Bertz CT molecular complexity index is 1420. The highest BCUT2D eigenvalue weighted by Gasteiger charge is 2.28. The Morgan fingerprint density at radius 3 is 2.66 bits per heavy atom. The first-order valence-corrected chi connectivity index (χ1v) is 11.4. The molecule has 11 heteroatoms. The second kappa shape index (κ2) is 9.08. The van der Waals surface area contributed by atoms with Gasteiger partial charge in [0.05, 0.1) is 29.0 Å². The molecule has 0 aliphatic carbocycles. The number of rotatable bonds is 7. The van der Waals surface area contributed by atoms with E-state index in [9.17, 15) is 9.50 Å². The third-order valence-corrected chi connectivity index (χ3v) is 6.22. The van der Waals surface area contributed by atoms with E-state index in [1.165, 1.54) is 35.7 Å². The first kappa shape index (κ1) is 22.9. The first-order chi connectivity index (χ1) is 16.9. The van der Waals surface area contributed by atoms with Crippen molar-refractivity contribution in [1.82, 2.24) is 24.9 Å². The van der Waals surface area contributed by atoms with E-state index in [2.05, 4.69) is 37.1 Å². The Morgan fingerprint density at radius 1 is 1.29 bits per heavy atom. The van der Waals surface area contributed by atoms with E-state index in [1.54, 1.807) is 14.0 Å². The van der Waals surface area contributed by atoms with Gasteiger partial charge in [-0.1, -0.05) is 12.5 Å². The van der Waals surface area contributed by atoms with Crippen LogP contribution in [0.3, 0.4) is 0 Å². The van der Waals surface area contributed by atoms with Crippen molar-refractivity contribution in [2.45, 2.75) is 26.4 Å². The number of anilines is 2. The molecule has 1 aliphatic rings. The van der Waals surface area contributed by atoms with E-state index in [4.69, 9.17) is 15.5 Å². The van der Waals surface area contributed by atoms with Gasteiger partial charge in [-0.2, -0.15) is 9.97 Å². The average Bonchev–Trinajstić information content (AvgIpc) is 3.18. The summed E-state index contributed by atoms with van der Waals surface area (Å²) in [5.41, 5.74) is 10.3. The molecule has 5 N–H and O–H groups in total. The van der Waals surface area contributed by atoms with Gasteiger partial charge in [0.1, 0.15) is 23.4 Å². The van der Waals surface area contributed by atoms with E-state index >= 15 is 0 Å². The molecule has 1 atom stereocenters. The summed E-state index contributed by atoms with van der Waals surface area (Å²) in [4.78, 5) is 22.9. The molecule has 0 amide bonds. The third-order valence-electron chi connectivity index (χ3n) is 6.22.